The molecule has 0 spiro atoms. The number of aromatic amines is 1. The van der Waals surface area contributed by atoms with Crippen LogP contribution in [-0.2, 0) is 22.4 Å². The zero-order chi connectivity index (χ0) is 18.5. The molecule has 3 nitrogen and oxygen atoms in total. The summed E-state index contributed by atoms with van der Waals surface area (Å²) in [5.74, 6) is -0.352. The average molecular weight is 414 g/mol. The lowest BCUT2D eigenvalue weighted by Gasteiger charge is -2.12. The Morgan fingerprint density at radius 1 is 1.12 bits per heavy atom. The highest BCUT2D eigenvalue weighted by atomic mass is 79.9. The van der Waals surface area contributed by atoms with Crippen molar-refractivity contribution in [3.63, 3.8) is 0 Å². The molecule has 0 bridgehead atoms. The zero-order valence-electron chi connectivity index (χ0n) is 15.1. The minimum atomic E-state index is -0.352. The smallest absolute Gasteiger partial charge is 0.195 e. The lowest BCUT2D eigenvalue weighted by molar-refractivity contribution is -0.129. The van der Waals surface area contributed by atoms with Crippen LogP contribution < -0.4 is 0 Å². The summed E-state index contributed by atoms with van der Waals surface area (Å²) in [6.45, 7) is 2.22. The van der Waals surface area contributed by atoms with Crippen LogP contribution in [0.2, 0.25) is 0 Å². The van der Waals surface area contributed by atoms with Crippen LogP contribution in [0.5, 0.6) is 0 Å². The Hall–Kier alpha value is -1.94. The Kier molecular flexibility index (Phi) is 6.25. The molecule has 4 heteroatoms. The van der Waals surface area contributed by atoms with Crippen LogP contribution in [0.1, 0.15) is 50.2 Å². The number of H-pyrrole nitrogens is 1. The Balaban J connectivity index is 2.05. The number of benzene rings is 2. The van der Waals surface area contributed by atoms with E-state index in [0.717, 1.165) is 33.9 Å². The van der Waals surface area contributed by atoms with Crippen molar-refractivity contribution in [2.24, 2.45) is 0 Å². The molecule has 0 unspecified atom stereocenters. The fourth-order valence-electron chi connectivity index (χ4n) is 3.56. The molecular weight excluding hydrogens is 390 g/mol. The van der Waals surface area contributed by atoms with Crippen molar-refractivity contribution in [3.05, 3.63) is 45.9 Å². The van der Waals surface area contributed by atoms with Gasteiger partial charge in [0.05, 0.1) is 5.52 Å². The number of halogens is 1. The van der Waals surface area contributed by atoms with Crippen LogP contribution in [0.3, 0.4) is 0 Å². The van der Waals surface area contributed by atoms with E-state index in [1.165, 1.54) is 35.6 Å². The topological polar surface area (TPSA) is 49.9 Å². The maximum atomic E-state index is 11.5. The molecule has 0 aliphatic rings. The van der Waals surface area contributed by atoms with Crippen molar-refractivity contribution < 1.29 is 9.59 Å². The molecule has 0 amide bonds. The predicted molar refractivity (Wildman–Crippen MR) is 111 cm³/mol. The van der Waals surface area contributed by atoms with E-state index < -0.39 is 0 Å². The number of ketones is 1. The van der Waals surface area contributed by atoms with Crippen LogP contribution in [0, 0.1) is 0 Å². The number of unbranched alkanes of at least 4 members (excludes halogenated alkanes) is 3. The number of para-hydroxylation sites is 1. The van der Waals surface area contributed by atoms with Gasteiger partial charge < -0.3 is 4.98 Å². The van der Waals surface area contributed by atoms with Crippen molar-refractivity contribution in [1.82, 2.24) is 4.98 Å². The molecule has 26 heavy (non-hydrogen) atoms. The van der Waals surface area contributed by atoms with Gasteiger partial charge in [0.15, 0.2) is 12.1 Å². The first-order valence-corrected chi connectivity index (χ1v) is 10.1. The second kappa shape index (κ2) is 8.63. The third-order valence-corrected chi connectivity index (χ3v) is 5.95. The van der Waals surface area contributed by atoms with Gasteiger partial charge in [-0.2, -0.15) is 0 Å². The number of hydrogen-bond acceptors (Lipinski definition) is 2. The van der Waals surface area contributed by atoms with Crippen molar-refractivity contribution in [3.8, 4) is 0 Å². The van der Waals surface area contributed by atoms with E-state index in [4.69, 9.17) is 0 Å². The predicted octanol–water partition coefficient (Wildman–Crippen LogP) is 5.91. The molecular formula is C22H24BrNO2. The lowest BCUT2D eigenvalue weighted by atomic mass is 9.97. The fourth-order valence-corrected chi connectivity index (χ4v) is 4.27. The zero-order valence-corrected chi connectivity index (χ0v) is 16.7. The maximum Gasteiger partial charge on any atom is 0.195 e. The van der Waals surface area contributed by atoms with E-state index in [1.807, 2.05) is 12.1 Å². The molecule has 1 N–H and O–H groups in total. The minimum absolute atomic E-state index is 0.242. The number of fused-ring (bicyclic) bond motifs is 3. The van der Waals surface area contributed by atoms with E-state index >= 15 is 0 Å². The quantitative estimate of drug-likeness (QED) is 0.269. The first-order chi connectivity index (χ1) is 12.7. The van der Waals surface area contributed by atoms with Gasteiger partial charge in [-0.25, -0.2) is 0 Å². The minimum Gasteiger partial charge on any atom is -0.354 e. The van der Waals surface area contributed by atoms with Gasteiger partial charge in [0.2, 0.25) is 0 Å². The molecule has 1 aromatic heterocycles. The second-order valence-corrected chi connectivity index (χ2v) is 7.61. The van der Waals surface area contributed by atoms with Crippen LogP contribution in [0.25, 0.3) is 21.8 Å². The molecule has 0 saturated carbocycles. The molecule has 3 rings (SSSR count). The summed E-state index contributed by atoms with van der Waals surface area (Å²) in [4.78, 5) is 25.8. The third-order valence-electron chi connectivity index (χ3n) is 4.97. The monoisotopic (exact) mass is 413 g/mol. The first kappa shape index (κ1) is 18.8. The van der Waals surface area contributed by atoms with Crippen molar-refractivity contribution in [2.75, 3.05) is 0 Å². The normalized spacial score (nSPS) is 11.3. The number of carbonyl (C=O) groups excluding carboxylic acids is 2. The number of aryl methyl sites for hydroxylation is 2. The lowest BCUT2D eigenvalue weighted by Crippen LogP contribution is -2.03. The number of nitrogens with one attached hydrogen (secondary N) is 1. The van der Waals surface area contributed by atoms with Crippen molar-refractivity contribution >= 4 is 49.8 Å². The maximum absolute atomic E-state index is 11.5. The molecule has 1 heterocycles. The second-order valence-electron chi connectivity index (χ2n) is 6.82. The number of Topliss-reactive ketones (excluding diaryl/α,β-unsaturated/α-hetero) is 1. The van der Waals surface area contributed by atoms with Gasteiger partial charge in [-0.15, -0.1) is 0 Å². The highest BCUT2D eigenvalue weighted by molar-refractivity contribution is 9.10. The van der Waals surface area contributed by atoms with Crippen LogP contribution in [-0.4, -0.2) is 17.1 Å². The Morgan fingerprint density at radius 3 is 2.69 bits per heavy atom. The van der Waals surface area contributed by atoms with Crippen LogP contribution in [0.15, 0.2) is 34.8 Å². The number of rotatable bonds is 9. The molecule has 0 atom stereocenters. The summed E-state index contributed by atoms with van der Waals surface area (Å²) in [5, 5.41) is 2.40. The number of aldehydes is 1. The molecule has 0 radical (unpaired) electrons. The van der Waals surface area contributed by atoms with Gasteiger partial charge in [-0.3, -0.25) is 9.59 Å². The van der Waals surface area contributed by atoms with Crippen molar-refractivity contribution in [2.45, 2.75) is 51.9 Å². The first-order valence-electron chi connectivity index (χ1n) is 9.34. The standard InChI is InChI=1S/C22H24BrNO2/c1-2-3-4-5-8-15-13-19-17-9-6-7-10-20(17)24-22(19)18(21(15)23)12-11-16(26)14-25/h6-7,9-10,13-14,24H,2-5,8,11-12H2,1H3. The van der Waals surface area contributed by atoms with Crippen LogP contribution >= 0.6 is 15.9 Å². The van der Waals surface area contributed by atoms with Gasteiger partial charge in [0, 0.05) is 27.2 Å². The number of aromatic nitrogens is 1. The van der Waals surface area contributed by atoms with E-state index in [-0.39, 0.29) is 12.2 Å². The van der Waals surface area contributed by atoms with E-state index in [1.54, 1.807) is 0 Å². The van der Waals surface area contributed by atoms with Gasteiger partial charge in [-0.05, 0) is 42.5 Å². The van der Waals surface area contributed by atoms with Gasteiger partial charge in [0.25, 0.3) is 0 Å². The Labute approximate surface area is 162 Å². The van der Waals surface area contributed by atoms with E-state index in [9.17, 15) is 9.59 Å². The SMILES string of the molecule is CCCCCCc1cc2c([nH]c3ccccc32)c(CCC(=O)C=O)c1Br. The number of hydrogen-bond donors (Lipinski definition) is 1. The molecule has 0 aliphatic carbocycles. The molecule has 0 fully saturated rings. The molecule has 3 aromatic rings. The molecule has 0 saturated heterocycles. The fraction of sp³-hybridized carbons (Fsp3) is 0.364. The third kappa shape index (κ3) is 3.90. The van der Waals surface area contributed by atoms with E-state index in [2.05, 4.69) is 46.0 Å². The van der Waals surface area contributed by atoms with Gasteiger partial charge in [0.1, 0.15) is 0 Å². The molecule has 136 valence electrons. The summed E-state index contributed by atoms with van der Waals surface area (Å²) in [7, 11) is 0. The molecule has 0 aliphatic heterocycles. The summed E-state index contributed by atoms with van der Waals surface area (Å²) in [6.07, 6.45) is 7.11. The molecule has 2 aromatic carbocycles. The average Bonchev–Trinajstić information content (AvgIpc) is 3.02. The highest BCUT2D eigenvalue weighted by Crippen LogP contribution is 2.36. The van der Waals surface area contributed by atoms with Gasteiger partial charge in [-0.1, -0.05) is 60.3 Å². The largest absolute Gasteiger partial charge is 0.354 e. The van der Waals surface area contributed by atoms with Crippen molar-refractivity contribution in [1.29, 1.82) is 0 Å². The summed E-state index contributed by atoms with van der Waals surface area (Å²) >= 11 is 3.78. The Morgan fingerprint density at radius 2 is 1.92 bits per heavy atom. The van der Waals surface area contributed by atoms with Gasteiger partial charge >= 0.3 is 0 Å². The highest BCUT2D eigenvalue weighted by Gasteiger charge is 2.16. The Bertz CT molecular complexity index is 942. The number of carbonyl (C=O) groups is 2. The summed E-state index contributed by atoms with van der Waals surface area (Å²) in [5.41, 5.74) is 4.54. The summed E-state index contributed by atoms with van der Waals surface area (Å²) in [6, 6.07) is 10.5. The van der Waals surface area contributed by atoms with Crippen LogP contribution in [0.4, 0.5) is 0 Å². The van der Waals surface area contributed by atoms with E-state index in [0.29, 0.717) is 12.7 Å². The summed E-state index contributed by atoms with van der Waals surface area (Å²) < 4.78 is 1.08.